The summed E-state index contributed by atoms with van der Waals surface area (Å²) in [5.41, 5.74) is 5.47. The summed E-state index contributed by atoms with van der Waals surface area (Å²) in [5, 5.41) is 0. The third-order valence-corrected chi connectivity index (χ3v) is 4.11. The maximum Gasteiger partial charge on any atom is 0.0576 e. The van der Waals surface area contributed by atoms with E-state index in [9.17, 15) is 0 Å². The fourth-order valence-corrected chi connectivity index (χ4v) is 2.92. The van der Waals surface area contributed by atoms with E-state index in [1.807, 2.05) is 0 Å². The molecule has 2 atom stereocenters. The molecule has 1 fully saturated rings. The summed E-state index contributed by atoms with van der Waals surface area (Å²) in [4.78, 5) is 0. The molecule has 1 heterocycles. The molecule has 3 N–H and O–H groups in total. The zero-order chi connectivity index (χ0) is 13.0. The summed E-state index contributed by atoms with van der Waals surface area (Å²) in [6, 6.07) is 6.53. The van der Waals surface area contributed by atoms with Gasteiger partial charge in [-0.15, -0.1) is 0 Å². The molecule has 1 aliphatic heterocycles. The van der Waals surface area contributed by atoms with Gasteiger partial charge in [-0.3, -0.25) is 11.3 Å². The lowest BCUT2D eigenvalue weighted by Gasteiger charge is -2.20. The SMILES string of the molecule is Cc1ccc(Br)cc1C(CCC1CCCO1)NN. The first-order valence-electron chi connectivity index (χ1n) is 6.54. The van der Waals surface area contributed by atoms with Crippen LogP contribution in [0.5, 0.6) is 0 Å². The molecule has 1 saturated heterocycles. The Hall–Kier alpha value is -0.420. The number of rotatable bonds is 5. The van der Waals surface area contributed by atoms with Crippen molar-refractivity contribution in [2.45, 2.75) is 44.8 Å². The van der Waals surface area contributed by atoms with Gasteiger partial charge in [0.2, 0.25) is 0 Å². The highest BCUT2D eigenvalue weighted by molar-refractivity contribution is 9.10. The smallest absolute Gasteiger partial charge is 0.0576 e. The maximum absolute atomic E-state index is 5.70. The second kappa shape index (κ2) is 6.66. The van der Waals surface area contributed by atoms with E-state index in [0.29, 0.717) is 6.10 Å². The standard InChI is InChI=1S/C14H21BrN2O/c1-10-4-5-11(15)9-13(10)14(17-16)7-6-12-3-2-8-18-12/h4-5,9,12,14,17H,2-3,6-8,16H2,1H3. The Morgan fingerprint density at radius 2 is 2.39 bits per heavy atom. The first-order valence-corrected chi connectivity index (χ1v) is 7.34. The molecule has 1 aliphatic rings. The normalized spacial score (nSPS) is 21.2. The predicted octanol–water partition coefficient (Wildman–Crippen LogP) is 3.22. The quantitative estimate of drug-likeness (QED) is 0.648. The summed E-state index contributed by atoms with van der Waals surface area (Å²) in [6.07, 6.45) is 4.89. The molecule has 18 heavy (non-hydrogen) atoms. The first kappa shape index (κ1) is 14.0. The highest BCUT2D eigenvalue weighted by Crippen LogP contribution is 2.27. The Kier molecular flexibility index (Phi) is 5.18. The number of aryl methyl sites for hydroxylation is 1. The van der Waals surface area contributed by atoms with Crippen molar-refractivity contribution in [1.82, 2.24) is 5.43 Å². The molecule has 100 valence electrons. The minimum absolute atomic E-state index is 0.201. The fraction of sp³-hybridized carbons (Fsp3) is 0.571. The van der Waals surface area contributed by atoms with Crippen molar-refractivity contribution in [2.24, 2.45) is 5.84 Å². The van der Waals surface area contributed by atoms with Crippen LogP contribution in [0.1, 0.15) is 42.9 Å². The van der Waals surface area contributed by atoms with Crippen molar-refractivity contribution < 1.29 is 4.74 Å². The number of ether oxygens (including phenoxy) is 1. The molecule has 1 aromatic carbocycles. The molecule has 3 nitrogen and oxygen atoms in total. The van der Waals surface area contributed by atoms with E-state index in [0.717, 1.165) is 23.9 Å². The van der Waals surface area contributed by atoms with Crippen LogP contribution in [-0.4, -0.2) is 12.7 Å². The van der Waals surface area contributed by atoms with Crippen LogP contribution in [0.3, 0.4) is 0 Å². The molecule has 0 radical (unpaired) electrons. The fourth-order valence-electron chi connectivity index (χ4n) is 2.54. The Bertz CT molecular complexity index is 391. The summed E-state index contributed by atoms with van der Waals surface area (Å²) in [7, 11) is 0. The Morgan fingerprint density at radius 3 is 3.06 bits per heavy atom. The maximum atomic E-state index is 5.70. The van der Waals surface area contributed by atoms with Crippen molar-refractivity contribution in [3.8, 4) is 0 Å². The number of hydrogen-bond acceptors (Lipinski definition) is 3. The molecule has 0 aliphatic carbocycles. The zero-order valence-electron chi connectivity index (χ0n) is 10.8. The number of halogens is 1. The molecule has 1 aromatic rings. The third kappa shape index (κ3) is 3.54. The van der Waals surface area contributed by atoms with Crippen LogP contribution in [-0.2, 0) is 4.74 Å². The number of benzene rings is 1. The van der Waals surface area contributed by atoms with Gasteiger partial charge in [0, 0.05) is 17.1 Å². The van der Waals surface area contributed by atoms with Gasteiger partial charge in [-0.2, -0.15) is 0 Å². The van der Waals surface area contributed by atoms with Crippen LogP contribution in [0.2, 0.25) is 0 Å². The van der Waals surface area contributed by atoms with Crippen molar-refractivity contribution in [1.29, 1.82) is 0 Å². The van der Waals surface area contributed by atoms with Gasteiger partial charge < -0.3 is 4.74 Å². The van der Waals surface area contributed by atoms with E-state index in [1.165, 1.54) is 24.0 Å². The van der Waals surface area contributed by atoms with Crippen LogP contribution in [0.15, 0.2) is 22.7 Å². The van der Waals surface area contributed by atoms with Gasteiger partial charge in [0.05, 0.1) is 6.10 Å². The topological polar surface area (TPSA) is 47.3 Å². The van der Waals surface area contributed by atoms with Crippen molar-refractivity contribution in [2.75, 3.05) is 6.61 Å². The largest absolute Gasteiger partial charge is 0.378 e. The number of nitrogens with two attached hydrogens (primary N) is 1. The van der Waals surface area contributed by atoms with Crippen LogP contribution in [0.4, 0.5) is 0 Å². The minimum Gasteiger partial charge on any atom is -0.378 e. The minimum atomic E-state index is 0.201. The molecule has 4 heteroatoms. The van der Waals surface area contributed by atoms with Gasteiger partial charge >= 0.3 is 0 Å². The molecule has 0 saturated carbocycles. The van der Waals surface area contributed by atoms with Crippen molar-refractivity contribution in [3.05, 3.63) is 33.8 Å². The molecule has 0 spiro atoms. The van der Waals surface area contributed by atoms with E-state index in [4.69, 9.17) is 10.6 Å². The van der Waals surface area contributed by atoms with E-state index < -0.39 is 0 Å². The monoisotopic (exact) mass is 312 g/mol. The number of hydrogen-bond donors (Lipinski definition) is 2. The van der Waals surface area contributed by atoms with Crippen molar-refractivity contribution >= 4 is 15.9 Å². The van der Waals surface area contributed by atoms with E-state index in [1.54, 1.807) is 0 Å². The summed E-state index contributed by atoms with van der Waals surface area (Å²) >= 11 is 3.52. The van der Waals surface area contributed by atoms with Crippen LogP contribution in [0, 0.1) is 6.92 Å². The second-order valence-corrected chi connectivity index (χ2v) is 5.85. The molecule has 2 unspecified atom stereocenters. The Balaban J connectivity index is 2.00. The van der Waals surface area contributed by atoms with Gasteiger partial charge in [0.15, 0.2) is 0 Å². The highest BCUT2D eigenvalue weighted by Gasteiger charge is 2.19. The molecule has 0 amide bonds. The zero-order valence-corrected chi connectivity index (χ0v) is 12.4. The molecular weight excluding hydrogens is 292 g/mol. The molecule has 0 bridgehead atoms. The van der Waals surface area contributed by atoms with Crippen molar-refractivity contribution in [3.63, 3.8) is 0 Å². The molecule has 2 rings (SSSR count). The highest BCUT2D eigenvalue weighted by atomic mass is 79.9. The second-order valence-electron chi connectivity index (χ2n) is 4.93. The van der Waals surface area contributed by atoms with Crippen LogP contribution < -0.4 is 11.3 Å². The molecule has 0 aromatic heterocycles. The summed E-state index contributed by atoms with van der Waals surface area (Å²) in [6.45, 7) is 3.04. The van der Waals surface area contributed by atoms with Crippen LogP contribution in [0.25, 0.3) is 0 Å². The Labute approximate surface area is 117 Å². The average molecular weight is 313 g/mol. The van der Waals surface area contributed by atoms with Gasteiger partial charge in [-0.25, -0.2) is 0 Å². The first-order chi connectivity index (χ1) is 8.70. The number of nitrogens with one attached hydrogen (secondary N) is 1. The van der Waals surface area contributed by atoms with Gasteiger partial charge in [-0.05, 0) is 55.9 Å². The van der Waals surface area contributed by atoms with E-state index in [2.05, 4.69) is 46.5 Å². The number of hydrazine groups is 1. The average Bonchev–Trinajstić information content (AvgIpc) is 2.87. The van der Waals surface area contributed by atoms with Crippen LogP contribution >= 0.6 is 15.9 Å². The third-order valence-electron chi connectivity index (χ3n) is 3.62. The molecular formula is C14H21BrN2O. The van der Waals surface area contributed by atoms with Gasteiger partial charge in [0.1, 0.15) is 0 Å². The lowest BCUT2D eigenvalue weighted by molar-refractivity contribution is 0.0996. The van der Waals surface area contributed by atoms with Gasteiger partial charge in [0.25, 0.3) is 0 Å². The predicted molar refractivity (Wildman–Crippen MR) is 77.2 cm³/mol. The summed E-state index contributed by atoms with van der Waals surface area (Å²) in [5.74, 6) is 5.70. The summed E-state index contributed by atoms with van der Waals surface area (Å²) < 4.78 is 6.76. The lowest BCUT2D eigenvalue weighted by atomic mass is 9.96. The van der Waals surface area contributed by atoms with Gasteiger partial charge in [-0.1, -0.05) is 22.0 Å². The van der Waals surface area contributed by atoms with E-state index in [-0.39, 0.29) is 6.04 Å². The lowest BCUT2D eigenvalue weighted by Crippen LogP contribution is -2.29. The van der Waals surface area contributed by atoms with E-state index >= 15 is 0 Å². The Morgan fingerprint density at radius 1 is 1.56 bits per heavy atom.